The van der Waals surface area contributed by atoms with E-state index in [1.807, 2.05) is 25.2 Å². The van der Waals surface area contributed by atoms with Gasteiger partial charge >= 0.3 is 11.8 Å². The van der Waals surface area contributed by atoms with E-state index in [9.17, 15) is 19.1 Å². The van der Waals surface area contributed by atoms with Crippen molar-refractivity contribution < 1.29 is 19.1 Å². The van der Waals surface area contributed by atoms with Crippen LogP contribution in [0, 0.1) is 5.82 Å². The minimum Gasteiger partial charge on any atom is -0.387 e. The third-order valence-electron chi connectivity index (χ3n) is 4.64. The number of fused-ring (bicyclic) bond motifs is 1. The van der Waals surface area contributed by atoms with E-state index in [1.54, 1.807) is 0 Å². The van der Waals surface area contributed by atoms with Crippen LogP contribution in [0.5, 0.6) is 0 Å². The van der Waals surface area contributed by atoms with Crippen LogP contribution in [0.25, 0.3) is 0 Å². The summed E-state index contributed by atoms with van der Waals surface area (Å²) in [5, 5.41) is 15.2. The first-order valence-electron chi connectivity index (χ1n) is 8.76. The first kappa shape index (κ1) is 18.8. The molecule has 1 aliphatic rings. The molecule has 2 amide bonds. The van der Waals surface area contributed by atoms with Crippen LogP contribution in [0.2, 0.25) is 0 Å². The second-order valence-corrected chi connectivity index (χ2v) is 6.59. The molecule has 0 spiro atoms. The smallest absolute Gasteiger partial charge is 0.309 e. The molecule has 0 bridgehead atoms. The molecule has 0 aromatic heterocycles. The quantitative estimate of drug-likeness (QED) is 0.692. The Labute approximate surface area is 157 Å². The maximum atomic E-state index is 12.8. The number of amides is 2. The molecule has 0 aliphatic carbocycles. The number of halogens is 1. The van der Waals surface area contributed by atoms with Gasteiger partial charge in [0.1, 0.15) is 5.82 Å². The maximum absolute atomic E-state index is 12.8. The van der Waals surface area contributed by atoms with Crippen LogP contribution in [0.1, 0.15) is 22.8 Å². The average Bonchev–Trinajstić information content (AvgIpc) is 3.05. The van der Waals surface area contributed by atoms with Crippen LogP contribution in [-0.2, 0) is 22.6 Å². The van der Waals surface area contributed by atoms with E-state index < -0.39 is 17.9 Å². The van der Waals surface area contributed by atoms with Crippen molar-refractivity contribution in [2.24, 2.45) is 0 Å². The van der Waals surface area contributed by atoms with E-state index in [0.717, 1.165) is 24.2 Å². The molecule has 27 heavy (non-hydrogen) atoms. The Morgan fingerprint density at radius 3 is 2.59 bits per heavy atom. The highest BCUT2D eigenvalue weighted by molar-refractivity contribution is 6.35. The number of carbonyl (C=O) groups is 2. The van der Waals surface area contributed by atoms with Crippen LogP contribution < -0.4 is 15.5 Å². The molecular weight excluding hydrogens is 349 g/mol. The van der Waals surface area contributed by atoms with Gasteiger partial charge in [-0.3, -0.25) is 9.59 Å². The lowest BCUT2D eigenvalue weighted by Crippen LogP contribution is -2.41. The lowest BCUT2D eigenvalue weighted by Gasteiger charge is -2.15. The monoisotopic (exact) mass is 371 g/mol. The van der Waals surface area contributed by atoms with Crippen LogP contribution in [0.4, 0.5) is 10.1 Å². The zero-order valence-electron chi connectivity index (χ0n) is 15.0. The van der Waals surface area contributed by atoms with E-state index in [4.69, 9.17) is 0 Å². The van der Waals surface area contributed by atoms with Crippen molar-refractivity contribution in [3.05, 3.63) is 65.0 Å². The van der Waals surface area contributed by atoms with E-state index in [0.29, 0.717) is 11.1 Å². The van der Waals surface area contributed by atoms with Gasteiger partial charge in [0.05, 0.1) is 6.10 Å². The number of nitrogens with one attached hydrogen (secondary N) is 2. The predicted molar refractivity (Wildman–Crippen MR) is 99.6 cm³/mol. The minimum atomic E-state index is -0.893. The van der Waals surface area contributed by atoms with Crippen molar-refractivity contribution >= 4 is 17.5 Å². The number of nitrogens with zero attached hydrogens (tertiary/aromatic N) is 1. The molecule has 0 radical (unpaired) electrons. The number of hydrogen-bond acceptors (Lipinski definition) is 4. The number of anilines is 1. The highest BCUT2D eigenvalue weighted by Crippen LogP contribution is 2.29. The largest absolute Gasteiger partial charge is 0.387 e. The van der Waals surface area contributed by atoms with E-state index in [1.165, 1.54) is 24.3 Å². The standard InChI is InChI=1S/C20H22FN3O3/c1-24-9-8-14-10-15(4-7-17(14)24)18(25)12-23-20(27)19(26)22-11-13-2-5-16(21)6-3-13/h2-7,10,18,25H,8-9,11-12H2,1H3,(H,22,26)(H,23,27)/t18-/m1/s1. The first-order chi connectivity index (χ1) is 12.9. The van der Waals surface area contributed by atoms with E-state index >= 15 is 0 Å². The molecule has 6 nitrogen and oxygen atoms in total. The van der Waals surface area contributed by atoms with Gasteiger partial charge in [-0.05, 0) is 41.3 Å². The summed E-state index contributed by atoms with van der Waals surface area (Å²) in [6.07, 6.45) is 0.0277. The average molecular weight is 371 g/mol. The number of carbonyl (C=O) groups excluding carboxylic acids is 2. The molecule has 2 aromatic carbocycles. The van der Waals surface area contributed by atoms with Crippen LogP contribution in [-0.4, -0.2) is 37.1 Å². The summed E-state index contributed by atoms with van der Waals surface area (Å²) >= 11 is 0. The molecule has 0 unspecified atom stereocenters. The number of benzene rings is 2. The molecule has 0 saturated carbocycles. The Bertz CT molecular complexity index is 839. The van der Waals surface area contributed by atoms with E-state index in [2.05, 4.69) is 15.5 Å². The summed E-state index contributed by atoms with van der Waals surface area (Å²) < 4.78 is 12.8. The Morgan fingerprint density at radius 1 is 1.15 bits per heavy atom. The molecule has 1 aliphatic heterocycles. The van der Waals surface area contributed by atoms with Crippen LogP contribution in [0.3, 0.4) is 0 Å². The van der Waals surface area contributed by atoms with Gasteiger partial charge in [-0.15, -0.1) is 0 Å². The highest BCUT2D eigenvalue weighted by atomic mass is 19.1. The van der Waals surface area contributed by atoms with Gasteiger partial charge in [0.25, 0.3) is 0 Å². The third-order valence-corrected chi connectivity index (χ3v) is 4.64. The summed E-state index contributed by atoms with van der Waals surface area (Å²) in [6.45, 7) is 1.00. The summed E-state index contributed by atoms with van der Waals surface area (Å²) in [5.74, 6) is -1.99. The summed E-state index contributed by atoms with van der Waals surface area (Å²) in [4.78, 5) is 25.9. The molecule has 3 N–H and O–H groups in total. The molecule has 2 aromatic rings. The third kappa shape index (κ3) is 4.62. The molecule has 0 saturated heterocycles. The van der Waals surface area contributed by atoms with Crippen molar-refractivity contribution in [1.82, 2.24) is 10.6 Å². The molecule has 1 heterocycles. The molecule has 0 fully saturated rings. The van der Waals surface area contributed by atoms with Crippen molar-refractivity contribution in [2.75, 3.05) is 25.0 Å². The summed E-state index contributed by atoms with van der Waals surface area (Å²) in [7, 11) is 2.02. The number of likely N-dealkylation sites (N-methyl/N-ethyl adjacent to an activating group) is 1. The summed E-state index contributed by atoms with van der Waals surface area (Å²) in [6, 6.07) is 11.3. The maximum Gasteiger partial charge on any atom is 0.309 e. The molecular formula is C20H22FN3O3. The lowest BCUT2D eigenvalue weighted by molar-refractivity contribution is -0.139. The molecule has 7 heteroatoms. The van der Waals surface area contributed by atoms with Gasteiger partial charge in [-0.25, -0.2) is 4.39 Å². The number of aliphatic hydroxyl groups is 1. The van der Waals surface area contributed by atoms with Gasteiger partial charge in [0.2, 0.25) is 0 Å². The van der Waals surface area contributed by atoms with Crippen molar-refractivity contribution in [3.63, 3.8) is 0 Å². The topological polar surface area (TPSA) is 81.7 Å². The summed E-state index contributed by atoms with van der Waals surface area (Å²) in [5.41, 5.74) is 3.70. The van der Waals surface area contributed by atoms with Gasteiger partial charge < -0.3 is 20.6 Å². The Hall–Kier alpha value is -2.93. The molecule has 1 atom stereocenters. The Kier molecular flexibility index (Phi) is 5.71. The molecule has 3 rings (SSSR count). The van der Waals surface area contributed by atoms with Gasteiger partial charge in [-0.2, -0.15) is 0 Å². The predicted octanol–water partition coefficient (Wildman–Crippen LogP) is 1.28. The van der Waals surface area contributed by atoms with Gasteiger partial charge in [0, 0.05) is 32.4 Å². The normalized spacial score (nSPS) is 13.8. The lowest BCUT2D eigenvalue weighted by atomic mass is 10.0. The second kappa shape index (κ2) is 8.18. The van der Waals surface area contributed by atoms with Gasteiger partial charge in [-0.1, -0.05) is 24.3 Å². The SMILES string of the molecule is CN1CCc2cc([C@H](O)CNC(=O)C(=O)NCc3ccc(F)cc3)ccc21. The zero-order chi connectivity index (χ0) is 19.4. The number of aliphatic hydroxyl groups excluding tert-OH is 1. The number of rotatable bonds is 5. The highest BCUT2D eigenvalue weighted by Gasteiger charge is 2.19. The first-order valence-corrected chi connectivity index (χ1v) is 8.76. The van der Waals surface area contributed by atoms with E-state index in [-0.39, 0.29) is 18.9 Å². The van der Waals surface area contributed by atoms with Crippen molar-refractivity contribution in [2.45, 2.75) is 19.1 Å². The van der Waals surface area contributed by atoms with Crippen LogP contribution in [0.15, 0.2) is 42.5 Å². The van der Waals surface area contributed by atoms with Crippen molar-refractivity contribution in [1.29, 1.82) is 0 Å². The van der Waals surface area contributed by atoms with Gasteiger partial charge in [0.15, 0.2) is 0 Å². The fraction of sp³-hybridized carbons (Fsp3) is 0.300. The zero-order valence-corrected chi connectivity index (χ0v) is 15.0. The fourth-order valence-corrected chi connectivity index (χ4v) is 3.05. The van der Waals surface area contributed by atoms with Crippen LogP contribution >= 0.6 is 0 Å². The fourth-order valence-electron chi connectivity index (χ4n) is 3.05. The molecule has 142 valence electrons. The second-order valence-electron chi connectivity index (χ2n) is 6.59. The van der Waals surface area contributed by atoms with Crippen molar-refractivity contribution in [3.8, 4) is 0 Å². The Morgan fingerprint density at radius 2 is 1.85 bits per heavy atom. The minimum absolute atomic E-state index is 0.0581. The Balaban J connectivity index is 1.48. The number of hydrogen-bond donors (Lipinski definition) is 3.